The molecule has 0 radical (unpaired) electrons. The second-order valence-corrected chi connectivity index (χ2v) is 6.34. The summed E-state index contributed by atoms with van der Waals surface area (Å²) >= 11 is 30.2. The lowest BCUT2D eigenvalue weighted by Gasteiger charge is -2.18. The van der Waals surface area contributed by atoms with E-state index < -0.39 is 0 Å². The average Bonchev–Trinajstić information content (AvgIpc) is 2.38. The van der Waals surface area contributed by atoms with Crippen molar-refractivity contribution < 1.29 is 0 Å². The molecule has 106 valence electrons. The van der Waals surface area contributed by atoms with E-state index in [1.54, 1.807) is 24.3 Å². The molecule has 0 aliphatic heterocycles. The summed E-state index contributed by atoms with van der Waals surface area (Å²) in [5, 5.41) is 5.83. The van der Waals surface area contributed by atoms with Gasteiger partial charge in [-0.15, -0.1) is 0 Å². The molecule has 2 aromatic rings. The molecule has 0 aliphatic rings. The SMILES string of the molecule is CC(Nc1cc(Cl)c(Cl)cc1Cl)c1cc(Cl)ccc1Cl. The predicted molar refractivity (Wildman–Crippen MR) is 90.0 cm³/mol. The molecule has 0 saturated carbocycles. The Bertz CT molecular complexity index is 642. The molecule has 1 unspecified atom stereocenters. The first-order valence-electron chi connectivity index (χ1n) is 5.74. The van der Waals surface area contributed by atoms with E-state index in [0.29, 0.717) is 30.8 Å². The zero-order valence-corrected chi connectivity index (χ0v) is 14.1. The highest BCUT2D eigenvalue weighted by atomic mass is 35.5. The lowest BCUT2D eigenvalue weighted by molar-refractivity contribution is 0.885. The number of benzene rings is 2. The molecular formula is C14H10Cl5N. The van der Waals surface area contributed by atoms with E-state index in [-0.39, 0.29) is 6.04 Å². The van der Waals surface area contributed by atoms with Crippen LogP contribution in [0.2, 0.25) is 25.1 Å². The van der Waals surface area contributed by atoms with E-state index in [9.17, 15) is 0 Å². The minimum absolute atomic E-state index is 0.0871. The third kappa shape index (κ3) is 3.66. The molecular weight excluding hydrogens is 359 g/mol. The zero-order valence-electron chi connectivity index (χ0n) is 10.4. The van der Waals surface area contributed by atoms with Gasteiger partial charge in [0.25, 0.3) is 0 Å². The minimum Gasteiger partial charge on any atom is -0.377 e. The van der Waals surface area contributed by atoms with Crippen molar-refractivity contribution in [2.45, 2.75) is 13.0 Å². The lowest BCUT2D eigenvalue weighted by Crippen LogP contribution is -2.07. The van der Waals surface area contributed by atoms with Crippen LogP contribution in [0.4, 0.5) is 5.69 Å². The van der Waals surface area contributed by atoms with Crippen LogP contribution in [0.5, 0.6) is 0 Å². The smallest absolute Gasteiger partial charge is 0.0653 e. The number of rotatable bonds is 3. The number of hydrogen-bond acceptors (Lipinski definition) is 1. The summed E-state index contributed by atoms with van der Waals surface area (Å²) in [4.78, 5) is 0. The zero-order chi connectivity index (χ0) is 14.9. The van der Waals surface area contributed by atoms with E-state index in [1.165, 1.54) is 0 Å². The van der Waals surface area contributed by atoms with Crippen LogP contribution in [0.15, 0.2) is 30.3 Å². The molecule has 1 atom stereocenters. The second kappa shape index (κ2) is 6.64. The van der Waals surface area contributed by atoms with Crippen LogP contribution in [0, 0.1) is 0 Å². The first-order valence-corrected chi connectivity index (χ1v) is 7.63. The van der Waals surface area contributed by atoms with Crippen LogP contribution >= 0.6 is 58.0 Å². The van der Waals surface area contributed by atoms with E-state index >= 15 is 0 Å². The Balaban J connectivity index is 2.30. The summed E-state index contributed by atoms with van der Waals surface area (Å²) in [7, 11) is 0. The Kier molecular flexibility index (Phi) is 5.33. The lowest BCUT2D eigenvalue weighted by atomic mass is 10.1. The molecule has 0 aliphatic carbocycles. The average molecular weight is 370 g/mol. The topological polar surface area (TPSA) is 12.0 Å². The van der Waals surface area contributed by atoms with Gasteiger partial charge in [-0.3, -0.25) is 0 Å². The number of hydrogen-bond donors (Lipinski definition) is 1. The van der Waals surface area contributed by atoms with Gasteiger partial charge in [-0.2, -0.15) is 0 Å². The van der Waals surface area contributed by atoms with Gasteiger partial charge >= 0.3 is 0 Å². The molecule has 2 rings (SSSR count). The van der Waals surface area contributed by atoms with Crippen molar-refractivity contribution >= 4 is 63.7 Å². The molecule has 0 amide bonds. The van der Waals surface area contributed by atoms with Crippen molar-refractivity contribution in [2.24, 2.45) is 0 Å². The third-order valence-corrected chi connectivity index (χ3v) is 4.42. The maximum Gasteiger partial charge on any atom is 0.0653 e. The van der Waals surface area contributed by atoms with E-state index in [0.717, 1.165) is 5.56 Å². The van der Waals surface area contributed by atoms with Crippen molar-refractivity contribution in [3.8, 4) is 0 Å². The van der Waals surface area contributed by atoms with Crippen molar-refractivity contribution in [3.63, 3.8) is 0 Å². The molecule has 0 heterocycles. The third-order valence-electron chi connectivity index (χ3n) is 2.81. The molecule has 1 N–H and O–H groups in total. The van der Waals surface area contributed by atoms with Crippen molar-refractivity contribution in [1.29, 1.82) is 0 Å². The van der Waals surface area contributed by atoms with Crippen LogP contribution in [0.25, 0.3) is 0 Å². The van der Waals surface area contributed by atoms with Crippen molar-refractivity contribution in [1.82, 2.24) is 0 Å². The molecule has 0 saturated heterocycles. The normalized spacial score (nSPS) is 12.3. The molecule has 0 spiro atoms. The van der Waals surface area contributed by atoms with Crippen LogP contribution in [-0.2, 0) is 0 Å². The molecule has 0 bridgehead atoms. The molecule has 1 nitrogen and oxygen atoms in total. The van der Waals surface area contributed by atoms with Gasteiger partial charge in [-0.1, -0.05) is 58.0 Å². The number of halogens is 5. The van der Waals surface area contributed by atoms with Gasteiger partial charge in [0, 0.05) is 10.0 Å². The summed E-state index contributed by atoms with van der Waals surface area (Å²) in [5.41, 5.74) is 1.56. The Morgan fingerprint density at radius 3 is 2.15 bits per heavy atom. The second-order valence-electron chi connectivity index (χ2n) is 4.28. The minimum atomic E-state index is -0.0871. The maximum atomic E-state index is 6.17. The fourth-order valence-corrected chi connectivity index (χ4v) is 2.85. The largest absolute Gasteiger partial charge is 0.377 e. The van der Waals surface area contributed by atoms with Gasteiger partial charge in [-0.05, 0) is 42.8 Å². The highest BCUT2D eigenvalue weighted by Gasteiger charge is 2.13. The summed E-state index contributed by atoms with van der Waals surface area (Å²) in [5.74, 6) is 0. The summed E-state index contributed by atoms with van der Waals surface area (Å²) in [6, 6.07) is 8.50. The van der Waals surface area contributed by atoms with Gasteiger partial charge in [0.2, 0.25) is 0 Å². The van der Waals surface area contributed by atoms with Gasteiger partial charge in [-0.25, -0.2) is 0 Å². The molecule has 0 fully saturated rings. The van der Waals surface area contributed by atoms with Crippen LogP contribution in [-0.4, -0.2) is 0 Å². The first-order chi connectivity index (χ1) is 9.38. The van der Waals surface area contributed by atoms with Crippen LogP contribution in [0.1, 0.15) is 18.5 Å². The van der Waals surface area contributed by atoms with Crippen LogP contribution < -0.4 is 5.32 Å². The number of anilines is 1. The molecule has 0 aromatic heterocycles. The Labute approximate surface area is 142 Å². The van der Waals surface area contributed by atoms with E-state index in [1.807, 2.05) is 13.0 Å². The standard InChI is InChI=1S/C14H10Cl5N/c1-7(9-4-8(15)2-3-10(9)16)20-14-6-12(18)11(17)5-13(14)19/h2-7,20H,1H3. The first kappa shape index (κ1) is 16.1. The molecule has 2 aromatic carbocycles. The monoisotopic (exact) mass is 367 g/mol. The fourth-order valence-electron chi connectivity index (χ4n) is 1.79. The highest BCUT2D eigenvalue weighted by Crippen LogP contribution is 2.35. The predicted octanol–water partition coefficient (Wildman–Crippen LogP) is 7.13. The van der Waals surface area contributed by atoms with Crippen molar-refractivity contribution in [2.75, 3.05) is 5.32 Å². The Hall–Kier alpha value is -0.310. The van der Waals surface area contributed by atoms with E-state index in [2.05, 4.69) is 5.32 Å². The Morgan fingerprint density at radius 1 is 0.800 bits per heavy atom. The summed E-state index contributed by atoms with van der Waals surface area (Å²) in [6.07, 6.45) is 0. The van der Waals surface area contributed by atoms with Gasteiger partial charge < -0.3 is 5.32 Å². The maximum absolute atomic E-state index is 6.17. The number of nitrogens with one attached hydrogen (secondary N) is 1. The molecule has 6 heteroatoms. The quantitative estimate of drug-likeness (QED) is 0.568. The fraction of sp³-hybridized carbons (Fsp3) is 0.143. The van der Waals surface area contributed by atoms with Crippen LogP contribution in [0.3, 0.4) is 0 Å². The van der Waals surface area contributed by atoms with Crippen molar-refractivity contribution in [3.05, 3.63) is 61.0 Å². The highest BCUT2D eigenvalue weighted by molar-refractivity contribution is 6.44. The van der Waals surface area contributed by atoms with Gasteiger partial charge in [0.15, 0.2) is 0 Å². The van der Waals surface area contributed by atoms with E-state index in [4.69, 9.17) is 58.0 Å². The molecule has 20 heavy (non-hydrogen) atoms. The summed E-state index contributed by atoms with van der Waals surface area (Å²) in [6.45, 7) is 1.95. The van der Waals surface area contributed by atoms with Gasteiger partial charge in [0.05, 0.1) is 26.8 Å². The Morgan fingerprint density at radius 2 is 1.45 bits per heavy atom. The van der Waals surface area contributed by atoms with Gasteiger partial charge in [0.1, 0.15) is 0 Å². The summed E-state index contributed by atoms with van der Waals surface area (Å²) < 4.78 is 0.